The molecule has 108 valence electrons. The lowest BCUT2D eigenvalue weighted by atomic mass is 10.0. The number of rotatable bonds is 8. The van der Waals surface area contributed by atoms with Crippen molar-refractivity contribution in [2.75, 3.05) is 20.6 Å². The number of nitrogens with one attached hydrogen (secondary N) is 1. The van der Waals surface area contributed by atoms with Crippen molar-refractivity contribution in [3.63, 3.8) is 0 Å². The average molecular weight is 283 g/mol. The highest BCUT2D eigenvalue weighted by molar-refractivity contribution is 7.10. The molecule has 0 saturated carbocycles. The first-order chi connectivity index (χ1) is 8.88. The second-order valence-corrected chi connectivity index (χ2v) is 6.63. The van der Waals surface area contributed by atoms with Gasteiger partial charge < -0.3 is 16.0 Å². The number of nitrogens with two attached hydrogens (primary N) is 1. The molecule has 0 aliphatic carbocycles. The number of amides is 1. The molecule has 1 aromatic heterocycles. The van der Waals surface area contributed by atoms with Crippen LogP contribution in [0.2, 0.25) is 0 Å². The third-order valence-corrected chi connectivity index (χ3v) is 3.78. The molecule has 4 nitrogen and oxygen atoms in total. The Morgan fingerprint density at radius 3 is 2.63 bits per heavy atom. The summed E-state index contributed by atoms with van der Waals surface area (Å²) in [7, 11) is 4.18. The molecule has 0 spiro atoms. The van der Waals surface area contributed by atoms with E-state index in [0.29, 0.717) is 17.5 Å². The molecule has 3 N–H and O–H groups in total. The SMILES string of the molecule is CC(C)CC(CN(C)C)NCc1cc(C(N)=O)cs1. The van der Waals surface area contributed by atoms with Gasteiger partial charge in [-0.15, -0.1) is 11.3 Å². The lowest BCUT2D eigenvalue weighted by Crippen LogP contribution is -2.38. The standard InChI is InChI=1S/C14H25N3OS/c1-10(2)5-12(8-17(3)4)16-7-13-6-11(9-19-13)14(15)18/h6,9-10,12,16H,5,7-8H2,1-4H3,(H2,15,18). The third kappa shape index (κ3) is 6.18. The molecular formula is C14H25N3OS. The zero-order valence-corrected chi connectivity index (χ0v) is 13.1. The Hall–Kier alpha value is -0.910. The van der Waals surface area contributed by atoms with Crippen molar-refractivity contribution in [3.8, 4) is 0 Å². The normalized spacial score (nSPS) is 13.2. The van der Waals surface area contributed by atoms with Gasteiger partial charge in [-0.3, -0.25) is 4.79 Å². The number of primary amides is 1. The van der Waals surface area contributed by atoms with E-state index in [4.69, 9.17) is 5.73 Å². The zero-order chi connectivity index (χ0) is 14.4. The van der Waals surface area contributed by atoms with Gasteiger partial charge >= 0.3 is 0 Å². The molecule has 0 aromatic carbocycles. The quantitative estimate of drug-likeness (QED) is 0.766. The minimum atomic E-state index is -0.352. The van der Waals surface area contributed by atoms with Crippen LogP contribution in [0.4, 0.5) is 0 Å². The van der Waals surface area contributed by atoms with Crippen LogP contribution in [0.3, 0.4) is 0 Å². The molecule has 0 aliphatic rings. The number of carbonyl (C=O) groups excluding carboxylic acids is 1. The van der Waals surface area contributed by atoms with Gasteiger partial charge in [0.2, 0.25) is 5.91 Å². The van der Waals surface area contributed by atoms with Crippen molar-refractivity contribution in [3.05, 3.63) is 21.9 Å². The molecule has 0 saturated heterocycles. The predicted octanol–water partition coefficient (Wildman–Crippen LogP) is 1.91. The minimum Gasteiger partial charge on any atom is -0.366 e. The van der Waals surface area contributed by atoms with Crippen LogP contribution in [0.1, 0.15) is 35.5 Å². The highest BCUT2D eigenvalue weighted by atomic mass is 32.1. The smallest absolute Gasteiger partial charge is 0.249 e. The van der Waals surface area contributed by atoms with Crippen LogP contribution in [-0.2, 0) is 6.54 Å². The topological polar surface area (TPSA) is 58.4 Å². The number of likely N-dealkylation sites (N-methyl/N-ethyl adjacent to an activating group) is 1. The molecule has 19 heavy (non-hydrogen) atoms. The Balaban J connectivity index is 2.51. The Labute approximate surface area is 120 Å². The molecule has 1 aromatic rings. The Bertz CT molecular complexity index is 391. The fourth-order valence-electron chi connectivity index (χ4n) is 2.08. The first-order valence-corrected chi connectivity index (χ1v) is 7.51. The molecule has 1 rings (SSSR count). The van der Waals surface area contributed by atoms with Gasteiger partial charge in [0.15, 0.2) is 0 Å². The number of hydrogen-bond donors (Lipinski definition) is 2. The summed E-state index contributed by atoms with van der Waals surface area (Å²) in [5.41, 5.74) is 5.86. The molecule has 0 fully saturated rings. The summed E-state index contributed by atoms with van der Waals surface area (Å²) in [6, 6.07) is 2.34. The summed E-state index contributed by atoms with van der Waals surface area (Å²) < 4.78 is 0. The Morgan fingerprint density at radius 2 is 2.16 bits per heavy atom. The van der Waals surface area contributed by atoms with Gasteiger partial charge in [-0.05, 0) is 32.5 Å². The van der Waals surface area contributed by atoms with E-state index in [1.165, 1.54) is 0 Å². The van der Waals surface area contributed by atoms with Gasteiger partial charge in [0.25, 0.3) is 0 Å². The first kappa shape index (κ1) is 16.1. The molecule has 1 atom stereocenters. The zero-order valence-electron chi connectivity index (χ0n) is 12.3. The summed E-state index contributed by atoms with van der Waals surface area (Å²) in [5.74, 6) is 0.316. The van der Waals surface area contributed by atoms with E-state index < -0.39 is 0 Å². The van der Waals surface area contributed by atoms with E-state index in [-0.39, 0.29) is 5.91 Å². The maximum atomic E-state index is 11.0. The third-order valence-electron chi connectivity index (χ3n) is 2.84. The maximum Gasteiger partial charge on any atom is 0.249 e. The van der Waals surface area contributed by atoms with Gasteiger partial charge in [0.1, 0.15) is 0 Å². The monoisotopic (exact) mass is 283 g/mol. The van der Waals surface area contributed by atoms with Crippen LogP contribution < -0.4 is 11.1 Å². The highest BCUT2D eigenvalue weighted by Crippen LogP contribution is 2.15. The summed E-state index contributed by atoms with van der Waals surface area (Å²) >= 11 is 1.58. The van der Waals surface area contributed by atoms with E-state index in [2.05, 4.69) is 38.2 Å². The Kier molecular flexibility index (Phi) is 6.48. The lowest BCUT2D eigenvalue weighted by Gasteiger charge is -2.23. The lowest BCUT2D eigenvalue weighted by molar-refractivity contribution is 0.100. The van der Waals surface area contributed by atoms with Crippen LogP contribution in [0.25, 0.3) is 0 Å². The second kappa shape index (κ2) is 7.62. The molecule has 1 heterocycles. The van der Waals surface area contributed by atoms with Crippen molar-refractivity contribution in [2.45, 2.75) is 32.9 Å². The largest absolute Gasteiger partial charge is 0.366 e. The summed E-state index contributed by atoms with van der Waals surface area (Å²) in [5, 5.41) is 5.39. The summed E-state index contributed by atoms with van der Waals surface area (Å²) in [4.78, 5) is 14.4. The number of nitrogens with zero attached hydrogens (tertiary/aromatic N) is 1. The van der Waals surface area contributed by atoms with Crippen LogP contribution in [0, 0.1) is 5.92 Å². The van der Waals surface area contributed by atoms with Gasteiger partial charge in [0.05, 0.1) is 5.56 Å². The molecule has 5 heteroatoms. The number of hydrogen-bond acceptors (Lipinski definition) is 4. The van der Waals surface area contributed by atoms with E-state index >= 15 is 0 Å². The molecule has 1 unspecified atom stereocenters. The maximum absolute atomic E-state index is 11.0. The molecule has 0 radical (unpaired) electrons. The molecule has 1 amide bonds. The summed E-state index contributed by atoms with van der Waals surface area (Å²) in [6.07, 6.45) is 1.15. The average Bonchev–Trinajstić information content (AvgIpc) is 2.73. The molecule has 0 aliphatic heterocycles. The van der Waals surface area contributed by atoms with Crippen molar-refractivity contribution < 1.29 is 4.79 Å². The van der Waals surface area contributed by atoms with Gasteiger partial charge in [0, 0.05) is 29.4 Å². The van der Waals surface area contributed by atoms with E-state index in [0.717, 1.165) is 24.4 Å². The van der Waals surface area contributed by atoms with Crippen LogP contribution in [0.15, 0.2) is 11.4 Å². The van der Waals surface area contributed by atoms with Gasteiger partial charge in [-0.1, -0.05) is 13.8 Å². The van der Waals surface area contributed by atoms with Crippen molar-refractivity contribution in [2.24, 2.45) is 11.7 Å². The van der Waals surface area contributed by atoms with Gasteiger partial charge in [-0.2, -0.15) is 0 Å². The van der Waals surface area contributed by atoms with E-state index in [1.807, 2.05) is 11.4 Å². The first-order valence-electron chi connectivity index (χ1n) is 6.63. The number of thiophene rings is 1. The Morgan fingerprint density at radius 1 is 1.47 bits per heavy atom. The van der Waals surface area contributed by atoms with Crippen molar-refractivity contribution in [1.82, 2.24) is 10.2 Å². The van der Waals surface area contributed by atoms with Crippen molar-refractivity contribution in [1.29, 1.82) is 0 Å². The van der Waals surface area contributed by atoms with Crippen LogP contribution >= 0.6 is 11.3 Å². The highest BCUT2D eigenvalue weighted by Gasteiger charge is 2.12. The van der Waals surface area contributed by atoms with Crippen molar-refractivity contribution >= 4 is 17.2 Å². The fourth-order valence-corrected chi connectivity index (χ4v) is 2.90. The summed E-state index contributed by atoms with van der Waals surface area (Å²) in [6.45, 7) is 6.29. The van der Waals surface area contributed by atoms with E-state index in [9.17, 15) is 4.79 Å². The molecular weight excluding hydrogens is 258 g/mol. The second-order valence-electron chi connectivity index (χ2n) is 5.64. The van der Waals surface area contributed by atoms with E-state index in [1.54, 1.807) is 11.3 Å². The number of carbonyl (C=O) groups is 1. The predicted molar refractivity (Wildman–Crippen MR) is 81.5 cm³/mol. The minimum absolute atomic E-state index is 0.352. The van der Waals surface area contributed by atoms with Gasteiger partial charge in [-0.25, -0.2) is 0 Å². The molecule has 0 bridgehead atoms. The van der Waals surface area contributed by atoms with Crippen LogP contribution in [-0.4, -0.2) is 37.5 Å². The van der Waals surface area contributed by atoms with Crippen LogP contribution in [0.5, 0.6) is 0 Å². The fraction of sp³-hybridized carbons (Fsp3) is 0.643.